The molecule has 0 saturated heterocycles. The lowest BCUT2D eigenvalue weighted by atomic mass is 10.1. The van der Waals surface area contributed by atoms with Gasteiger partial charge in [-0.1, -0.05) is 0 Å². The third kappa shape index (κ3) is 3.14. The summed E-state index contributed by atoms with van der Waals surface area (Å²) in [7, 11) is 1.18. The van der Waals surface area contributed by atoms with Crippen LogP contribution < -0.4 is 5.69 Å². The van der Waals surface area contributed by atoms with Crippen molar-refractivity contribution in [3.63, 3.8) is 0 Å². The van der Waals surface area contributed by atoms with Crippen LogP contribution in [0.25, 0.3) is 0 Å². The molecule has 0 bridgehead atoms. The van der Waals surface area contributed by atoms with Gasteiger partial charge in [-0.3, -0.25) is 4.79 Å². The maximum absolute atomic E-state index is 10.8. The van der Waals surface area contributed by atoms with Gasteiger partial charge >= 0.3 is 11.7 Å². The van der Waals surface area contributed by atoms with Gasteiger partial charge in [-0.2, -0.15) is 0 Å². The molecule has 3 N–H and O–H groups in total. The minimum absolute atomic E-state index is 0.219. The number of carbonyl (C=O) groups excluding carboxylic acids is 1. The molecule has 0 aliphatic rings. The number of ether oxygens (including phenoxy) is 1. The molecule has 2 atom stereocenters. The van der Waals surface area contributed by atoms with Crippen molar-refractivity contribution in [3.05, 3.63) is 28.4 Å². The van der Waals surface area contributed by atoms with Gasteiger partial charge in [0.15, 0.2) is 0 Å². The molecule has 0 spiro atoms. The highest BCUT2D eigenvalue weighted by atomic mass is 16.5. The minimum atomic E-state index is -1.31. The molecule has 1 aromatic rings. The average Bonchev–Trinajstić information content (AvgIpc) is 2.28. The second kappa shape index (κ2) is 5.38. The van der Waals surface area contributed by atoms with E-state index >= 15 is 0 Å². The van der Waals surface area contributed by atoms with Crippen LogP contribution in [0.4, 0.5) is 0 Å². The van der Waals surface area contributed by atoms with E-state index in [-0.39, 0.29) is 12.0 Å². The fourth-order valence-electron chi connectivity index (χ4n) is 1.10. The summed E-state index contributed by atoms with van der Waals surface area (Å²) in [4.78, 5) is 27.1. The number of hydrogen-bond donors (Lipinski definition) is 3. The van der Waals surface area contributed by atoms with E-state index in [1.807, 2.05) is 0 Å². The molecule has 0 saturated carbocycles. The van der Waals surface area contributed by atoms with Gasteiger partial charge in [0.2, 0.25) is 0 Å². The quantitative estimate of drug-likeness (QED) is 0.554. The van der Waals surface area contributed by atoms with Crippen LogP contribution in [0.2, 0.25) is 0 Å². The van der Waals surface area contributed by atoms with E-state index < -0.39 is 23.9 Å². The van der Waals surface area contributed by atoms with Crippen LogP contribution in [-0.2, 0) is 9.53 Å². The van der Waals surface area contributed by atoms with Gasteiger partial charge in [0.25, 0.3) is 0 Å². The van der Waals surface area contributed by atoms with E-state index in [0.29, 0.717) is 0 Å². The molecule has 0 aromatic carbocycles. The predicted molar refractivity (Wildman–Crippen MR) is 52.5 cm³/mol. The summed E-state index contributed by atoms with van der Waals surface area (Å²) in [5.74, 6) is -0.635. The number of nitrogens with one attached hydrogen (secondary N) is 1. The summed E-state index contributed by atoms with van der Waals surface area (Å²) < 4.78 is 4.34. The van der Waals surface area contributed by atoms with Crippen LogP contribution in [0.5, 0.6) is 0 Å². The molecular formula is C9H12N2O5. The van der Waals surface area contributed by atoms with E-state index in [1.54, 1.807) is 0 Å². The Morgan fingerprint density at radius 3 is 2.81 bits per heavy atom. The normalized spacial score (nSPS) is 14.2. The standard InChI is InChI=1S/C9H12N2O5/c1-16-7(13)2-6(12)8(14)5-3-10-9(15)11-4-5/h3-4,6,8,12,14H,2H2,1H3,(H,10,11,15). The average molecular weight is 228 g/mol. The van der Waals surface area contributed by atoms with Crippen molar-refractivity contribution in [2.24, 2.45) is 0 Å². The van der Waals surface area contributed by atoms with Gasteiger partial charge in [0.05, 0.1) is 19.6 Å². The first kappa shape index (κ1) is 12.3. The molecule has 2 unspecified atom stereocenters. The van der Waals surface area contributed by atoms with Crippen molar-refractivity contribution < 1.29 is 19.7 Å². The molecule has 88 valence electrons. The van der Waals surface area contributed by atoms with Crippen LogP contribution in [0, 0.1) is 0 Å². The zero-order chi connectivity index (χ0) is 12.1. The largest absolute Gasteiger partial charge is 0.469 e. The molecule has 0 fully saturated rings. The first-order valence-electron chi connectivity index (χ1n) is 4.52. The molecule has 16 heavy (non-hydrogen) atoms. The Labute approximate surface area is 90.7 Å². The third-order valence-corrected chi connectivity index (χ3v) is 2.00. The fraction of sp³-hybridized carbons (Fsp3) is 0.444. The van der Waals surface area contributed by atoms with Crippen LogP contribution in [0.3, 0.4) is 0 Å². The van der Waals surface area contributed by atoms with E-state index in [0.717, 1.165) is 6.20 Å². The number of esters is 1. The number of H-pyrrole nitrogens is 1. The Morgan fingerprint density at radius 1 is 1.62 bits per heavy atom. The van der Waals surface area contributed by atoms with E-state index in [9.17, 15) is 19.8 Å². The highest BCUT2D eigenvalue weighted by Crippen LogP contribution is 2.16. The maximum atomic E-state index is 10.8. The van der Waals surface area contributed by atoms with Crippen molar-refractivity contribution in [2.45, 2.75) is 18.6 Å². The maximum Gasteiger partial charge on any atom is 0.344 e. The monoisotopic (exact) mass is 228 g/mol. The summed E-state index contributed by atoms with van der Waals surface area (Å²) in [6.45, 7) is 0. The number of nitrogens with zero attached hydrogens (tertiary/aromatic N) is 1. The molecular weight excluding hydrogens is 216 g/mol. The molecule has 0 aliphatic heterocycles. The lowest BCUT2D eigenvalue weighted by Gasteiger charge is -2.16. The Bertz CT molecular complexity index is 396. The van der Waals surface area contributed by atoms with Crippen LogP contribution in [0.15, 0.2) is 17.2 Å². The van der Waals surface area contributed by atoms with Crippen molar-refractivity contribution in [3.8, 4) is 0 Å². The summed E-state index contributed by atoms with van der Waals surface area (Å²) in [6.07, 6.45) is -0.593. The number of aliphatic hydroxyl groups excluding tert-OH is 2. The molecule has 7 nitrogen and oxygen atoms in total. The van der Waals surface area contributed by atoms with Crippen molar-refractivity contribution in [1.82, 2.24) is 9.97 Å². The first-order chi connectivity index (χ1) is 7.54. The molecule has 0 amide bonds. The molecule has 7 heteroatoms. The molecule has 0 radical (unpaired) electrons. The van der Waals surface area contributed by atoms with Crippen LogP contribution in [-0.4, -0.2) is 39.4 Å². The Hall–Kier alpha value is -1.73. The highest BCUT2D eigenvalue weighted by Gasteiger charge is 2.22. The number of aromatic amines is 1. The number of carbonyl (C=O) groups is 1. The van der Waals surface area contributed by atoms with E-state index in [1.165, 1.54) is 13.3 Å². The number of methoxy groups -OCH3 is 1. The second-order valence-electron chi connectivity index (χ2n) is 3.14. The number of hydrogen-bond acceptors (Lipinski definition) is 6. The van der Waals surface area contributed by atoms with E-state index in [2.05, 4.69) is 14.7 Å². The van der Waals surface area contributed by atoms with Crippen LogP contribution >= 0.6 is 0 Å². The summed E-state index contributed by atoms with van der Waals surface area (Å²) >= 11 is 0. The predicted octanol–water partition coefficient (Wildman–Crippen LogP) is -1.27. The summed E-state index contributed by atoms with van der Waals surface area (Å²) in [5.41, 5.74) is -0.339. The lowest BCUT2D eigenvalue weighted by Crippen LogP contribution is -2.23. The zero-order valence-electron chi connectivity index (χ0n) is 8.58. The fourth-order valence-corrected chi connectivity index (χ4v) is 1.10. The van der Waals surface area contributed by atoms with Crippen molar-refractivity contribution >= 4 is 5.97 Å². The van der Waals surface area contributed by atoms with Gasteiger partial charge in [-0.25, -0.2) is 9.78 Å². The smallest absolute Gasteiger partial charge is 0.344 e. The minimum Gasteiger partial charge on any atom is -0.469 e. The van der Waals surface area contributed by atoms with Crippen molar-refractivity contribution in [2.75, 3.05) is 7.11 Å². The lowest BCUT2D eigenvalue weighted by molar-refractivity contribution is -0.144. The Kier molecular flexibility index (Phi) is 4.15. The van der Waals surface area contributed by atoms with Gasteiger partial charge in [-0.15, -0.1) is 0 Å². The zero-order valence-corrected chi connectivity index (χ0v) is 8.58. The number of rotatable bonds is 4. The Morgan fingerprint density at radius 2 is 2.31 bits per heavy atom. The van der Waals surface area contributed by atoms with Gasteiger partial charge in [0, 0.05) is 18.0 Å². The SMILES string of the molecule is COC(=O)CC(O)C(O)c1cnc(=O)[nH]c1. The second-order valence-corrected chi connectivity index (χ2v) is 3.14. The first-order valence-corrected chi connectivity index (χ1v) is 4.52. The van der Waals surface area contributed by atoms with Crippen molar-refractivity contribution in [1.29, 1.82) is 0 Å². The third-order valence-electron chi connectivity index (χ3n) is 2.00. The molecule has 1 rings (SSSR count). The van der Waals surface area contributed by atoms with Gasteiger partial charge < -0.3 is 19.9 Å². The van der Waals surface area contributed by atoms with Crippen LogP contribution in [0.1, 0.15) is 18.1 Å². The number of aliphatic hydroxyl groups is 2. The summed E-state index contributed by atoms with van der Waals surface area (Å²) in [5, 5.41) is 19.1. The topological polar surface area (TPSA) is 113 Å². The Balaban J connectivity index is 2.69. The van der Waals surface area contributed by atoms with Gasteiger partial charge in [-0.05, 0) is 0 Å². The number of aromatic nitrogens is 2. The molecule has 0 aliphatic carbocycles. The summed E-state index contributed by atoms with van der Waals surface area (Å²) in [6, 6.07) is 0. The molecule has 1 heterocycles. The highest BCUT2D eigenvalue weighted by molar-refractivity contribution is 5.69. The molecule has 1 aromatic heterocycles. The van der Waals surface area contributed by atoms with Gasteiger partial charge in [0.1, 0.15) is 6.10 Å². The van der Waals surface area contributed by atoms with E-state index in [4.69, 9.17) is 0 Å².